The van der Waals surface area contributed by atoms with Gasteiger partial charge in [0.25, 0.3) is 0 Å². The molecular formula is C18H25F3N4O3. The molecule has 1 unspecified atom stereocenters. The van der Waals surface area contributed by atoms with Crippen LogP contribution in [-0.4, -0.2) is 29.0 Å². The van der Waals surface area contributed by atoms with E-state index in [1.54, 1.807) is 0 Å². The van der Waals surface area contributed by atoms with E-state index in [1.807, 2.05) is 13.8 Å². The average molecular weight is 402 g/mol. The summed E-state index contributed by atoms with van der Waals surface area (Å²) in [6, 6.07) is 4.60. The smallest absolute Gasteiger partial charge is 0.418 e. The number of halogens is 3. The fourth-order valence-electron chi connectivity index (χ4n) is 2.29. The van der Waals surface area contributed by atoms with Crippen molar-refractivity contribution in [2.45, 2.75) is 52.4 Å². The summed E-state index contributed by atoms with van der Waals surface area (Å²) in [7, 11) is 0. The molecule has 1 atom stereocenters. The topological polar surface area (TPSA) is 103 Å². The van der Waals surface area contributed by atoms with Crippen molar-refractivity contribution in [2.24, 2.45) is 5.73 Å². The van der Waals surface area contributed by atoms with E-state index in [4.69, 9.17) is 10.2 Å². The third-order valence-electron chi connectivity index (χ3n) is 3.40. The molecule has 0 spiro atoms. The molecule has 0 radical (unpaired) electrons. The molecule has 2 rings (SSSR count). The fraction of sp³-hybridized carbons (Fsp3) is 0.500. The minimum absolute atomic E-state index is 0.132. The monoisotopic (exact) mass is 402 g/mol. The first-order valence-electron chi connectivity index (χ1n) is 8.95. The van der Waals surface area contributed by atoms with E-state index in [2.05, 4.69) is 20.3 Å². The molecule has 2 aromatic rings. The van der Waals surface area contributed by atoms with Gasteiger partial charge in [-0.2, -0.15) is 0 Å². The lowest BCUT2D eigenvalue weighted by atomic mass is 10.1. The van der Waals surface area contributed by atoms with Crippen LogP contribution in [0.3, 0.4) is 0 Å². The van der Waals surface area contributed by atoms with Crippen LogP contribution in [0.25, 0.3) is 11.5 Å². The van der Waals surface area contributed by atoms with Crippen LogP contribution in [0.4, 0.5) is 13.2 Å². The zero-order valence-electron chi connectivity index (χ0n) is 16.0. The van der Waals surface area contributed by atoms with E-state index in [1.165, 1.54) is 19.1 Å². The number of nitrogens with zero attached hydrogens (tertiary/aromatic N) is 2. The highest BCUT2D eigenvalue weighted by atomic mass is 19.4. The first-order valence-corrected chi connectivity index (χ1v) is 8.95. The predicted molar refractivity (Wildman–Crippen MR) is 97.2 cm³/mol. The van der Waals surface area contributed by atoms with Crippen molar-refractivity contribution in [3.05, 3.63) is 30.2 Å². The number of rotatable bonds is 8. The number of hydrogen-bond acceptors (Lipinski definition) is 6. The number of aromatic nitrogens is 2. The second kappa shape index (κ2) is 11.3. The van der Waals surface area contributed by atoms with E-state index in [9.17, 15) is 18.0 Å². The Hall–Kier alpha value is -2.62. The quantitative estimate of drug-likeness (QED) is 0.648. The summed E-state index contributed by atoms with van der Waals surface area (Å²) in [6.45, 7) is 5.92. The first kappa shape index (κ1) is 23.4. The summed E-state index contributed by atoms with van der Waals surface area (Å²) in [5.74, 6) is -0.231. The maximum Gasteiger partial charge on any atom is 0.573 e. The number of benzene rings is 1. The van der Waals surface area contributed by atoms with Crippen LogP contribution in [0.1, 0.15) is 52.0 Å². The molecular weight excluding hydrogens is 377 g/mol. The standard InChI is InChI=1S/C16H19F3N4O3.C2H6/c1-10(24)21-13(4-2-3-9-20)15-23-22-14(25-15)11-5-7-12(8-6-11)26-16(17,18)19;1-2/h5-8,13H,2-4,9,20H2,1H3,(H,21,24);1-2H3. The number of unbranched alkanes of at least 4 members (excludes halogenated alkanes) is 1. The molecule has 0 bridgehead atoms. The molecule has 0 aliphatic rings. The molecule has 156 valence electrons. The number of alkyl halides is 3. The molecule has 10 heteroatoms. The van der Waals surface area contributed by atoms with Crippen molar-refractivity contribution in [3.8, 4) is 17.2 Å². The Morgan fingerprint density at radius 3 is 2.39 bits per heavy atom. The number of nitrogens with one attached hydrogen (secondary N) is 1. The van der Waals surface area contributed by atoms with E-state index in [-0.39, 0.29) is 23.4 Å². The van der Waals surface area contributed by atoms with Crippen molar-refractivity contribution in [1.82, 2.24) is 15.5 Å². The maximum atomic E-state index is 12.2. The van der Waals surface area contributed by atoms with Gasteiger partial charge in [0.05, 0.1) is 0 Å². The molecule has 1 aromatic heterocycles. The van der Waals surface area contributed by atoms with Crippen LogP contribution < -0.4 is 15.8 Å². The molecule has 0 fully saturated rings. The van der Waals surface area contributed by atoms with Crippen LogP contribution in [-0.2, 0) is 4.79 Å². The Morgan fingerprint density at radius 1 is 1.21 bits per heavy atom. The number of carbonyl (C=O) groups excluding carboxylic acids is 1. The zero-order chi connectivity index (χ0) is 21.2. The molecule has 0 aliphatic carbocycles. The van der Waals surface area contributed by atoms with Crippen molar-refractivity contribution in [2.75, 3.05) is 6.54 Å². The number of hydrogen-bond donors (Lipinski definition) is 2. The van der Waals surface area contributed by atoms with Crippen LogP contribution in [0.5, 0.6) is 5.75 Å². The molecule has 1 aromatic carbocycles. The lowest BCUT2D eigenvalue weighted by Crippen LogP contribution is -2.26. The highest BCUT2D eigenvalue weighted by Gasteiger charge is 2.31. The highest BCUT2D eigenvalue weighted by molar-refractivity contribution is 5.73. The van der Waals surface area contributed by atoms with Gasteiger partial charge in [-0.1, -0.05) is 13.8 Å². The highest BCUT2D eigenvalue weighted by Crippen LogP contribution is 2.27. The number of amides is 1. The summed E-state index contributed by atoms with van der Waals surface area (Å²) in [6.07, 6.45) is -2.62. The summed E-state index contributed by atoms with van der Waals surface area (Å²) in [4.78, 5) is 11.4. The predicted octanol–water partition coefficient (Wildman–Crippen LogP) is 3.97. The van der Waals surface area contributed by atoms with Crippen molar-refractivity contribution in [1.29, 1.82) is 0 Å². The van der Waals surface area contributed by atoms with Gasteiger partial charge in [-0.3, -0.25) is 4.79 Å². The molecule has 1 heterocycles. The number of nitrogens with two attached hydrogens (primary N) is 1. The van der Waals surface area contributed by atoms with Gasteiger partial charge in [-0.15, -0.1) is 23.4 Å². The third-order valence-corrected chi connectivity index (χ3v) is 3.40. The van der Waals surface area contributed by atoms with Gasteiger partial charge in [-0.25, -0.2) is 0 Å². The van der Waals surface area contributed by atoms with Gasteiger partial charge >= 0.3 is 6.36 Å². The molecule has 28 heavy (non-hydrogen) atoms. The van der Waals surface area contributed by atoms with E-state index < -0.39 is 12.4 Å². The van der Waals surface area contributed by atoms with Crippen molar-refractivity contribution in [3.63, 3.8) is 0 Å². The second-order valence-corrected chi connectivity index (χ2v) is 5.56. The van der Waals surface area contributed by atoms with Crippen LogP contribution in [0.15, 0.2) is 28.7 Å². The summed E-state index contributed by atoms with van der Waals surface area (Å²) < 4.78 is 45.9. The molecule has 3 N–H and O–H groups in total. The van der Waals surface area contributed by atoms with Gasteiger partial charge < -0.3 is 20.2 Å². The number of carbonyl (C=O) groups is 1. The van der Waals surface area contributed by atoms with Gasteiger partial charge in [0, 0.05) is 12.5 Å². The normalized spacial score (nSPS) is 12.0. The SMILES string of the molecule is CC.CC(=O)NC(CCCCN)c1nnc(-c2ccc(OC(F)(F)F)cc2)o1. The molecule has 0 aliphatic heterocycles. The lowest BCUT2D eigenvalue weighted by Gasteiger charge is -2.13. The first-order chi connectivity index (χ1) is 13.3. The Kier molecular flexibility index (Phi) is 9.43. The van der Waals surface area contributed by atoms with E-state index in [0.29, 0.717) is 18.5 Å². The largest absolute Gasteiger partial charge is 0.573 e. The van der Waals surface area contributed by atoms with Crippen LogP contribution >= 0.6 is 0 Å². The summed E-state index contributed by atoms with van der Waals surface area (Å²) in [5.41, 5.74) is 5.90. The summed E-state index contributed by atoms with van der Waals surface area (Å²) >= 11 is 0. The zero-order valence-corrected chi connectivity index (χ0v) is 16.0. The molecule has 0 saturated carbocycles. The molecule has 0 saturated heterocycles. The van der Waals surface area contributed by atoms with Gasteiger partial charge in [-0.05, 0) is 50.1 Å². The Morgan fingerprint density at radius 2 is 1.86 bits per heavy atom. The molecule has 7 nitrogen and oxygen atoms in total. The summed E-state index contributed by atoms with van der Waals surface area (Å²) in [5, 5.41) is 10.6. The lowest BCUT2D eigenvalue weighted by molar-refractivity contribution is -0.274. The van der Waals surface area contributed by atoms with Gasteiger partial charge in [0.1, 0.15) is 11.8 Å². The van der Waals surface area contributed by atoms with Gasteiger partial charge in [0.15, 0.2) is 0 Å². The van der Waals surface area contributed by atoms with E-state index >= 15 is 0 Å². The second-order valence-electron chi connectivity index (χ2n) is 5.56. The minimum Gasteiger partial charge on any atom is -0.418 e. The van der Waals surface area contributed by atoms with Crippen LogP contribution in [0.2, 0.25) is 0 Å². The van der Waals surface area contributed by atoms with E-state index in [0.717, 1.165) is 25.0 Å². The Balaban J connectivity index is 0.00000190. The average Bonchev–Trinajstić information content (AvgIpc) is 3.12. The van der Waals surface area contributed by atoms with Crippen molar-refractivity contribution >= 4 is 5.91 Å². The Bertz CT molecular complexity index is 718. The van der Waals surface area contributed by atoms with Crippen molar-refractivity contribution < 1.29 is 27.1 Å². The van der Waals surface area contributed by atoms with Gasteiger partial charge in [0.2, 0.25) is 17.7 Å². The number of ether oxygens (including phenoxy) is 1. The minimum atomic E-state index is -4.76. The Labute approximate surface area is 161 Å². The fourth-order valence-corrected chi connectivity index (χ4v) is 2.29. The molecule has 1 amide bonds. The van der Waals surface area contributed by atoms with Crippen LogP contribution in [0, 0.1) is 0 Å². The maximum absolute atomic E-state index is 12.2. The third kappa shape index (κ3) is 7.95.